The summed E-state index contributed by atoms with van der Waals surface area (Å²) in [7, 11) is 1.17. The van der Waals surface area contributed by atoms with Crippen molar-refractivity contribution in [1.29, 1.82) is 0 Å². The van der Waals surface area contributed by atoms with Gasteiger partial charge in [-0.25, -0.2) is 0 Å². The van der Waals surface area contributed by atoms with E-state index < -0.39 is 26.6 Å². The highest BCUT2D eigenvalue weighted by Gasteiger charge is 2.27. The van der Waals surface area contributed by atoms with Gasteiger partial charge < -0.3 is 28.5 Å². The van der Waals surface area contributed by atoms with E-state index in [0.29, 0.717) is 23.9 Å². The molecule has 0 aliphatic heterocycles. The van der Waals surface area contributed by atoms with E-state index in [1.54, 1.807) is 0 Å². The summed E-state index contributed by atoms with van der Waals surface area (Å²) in [5, 5.41) is 3.02. The fourth-order valence-corrected chi connectivity index (χ4v) is 9.19. The monoisotopic (exact) mass is 1030 g/mol. The summed E-state index contributed by atoms with van der Waals surface area (Å²) in [5.41, 5.74) is 0. The maximum absolute atomic E-state index is 13.5. The minimum atomic E-state index is -4.70. The number of carbonyl (C=O) groups is 2. The van der Waals surface area contributed by atoms with Crippen molar-refractivity contribution in [2.75, 3.05) is 40.9 Å². The van der Waals surface area contributed by atoms with Gasteiger partial charge in [-0.3, -0.25) is 14.2 Å². The normalized spacial score (nSPS) is 14.2. The number of rotatable bonds is 54. The second-order valence-electron chi connectivity index (χ2n) is 21.5. The number of quaternary nitrogens is 1. The molecule has 0 aromatic rings. The number of nitrogens with one attached hydrogen (secondary N) is 1. The minimum absolute atomic E-state index is 0.0283. The fourth-order valence-electron chi connectivity index (χ4n) is 8.46. The summed E-state index contributed by atoms with van der Waals surface area (Å²) in [6, 6.07) is -0.901. The summed E-state index contributed by atoms with van der Waals surface area (Å²) in [5.74, 6) is -0.571. The first-order valence-corrected chi connectivity index (χ1v) is 31.6. The quantitative estimate of drug-likeness (QED) is 0.0212. The van der Waals surface area contributed by atoms with Gasteiger partial charge in [-0.15, -0.1) is 0 Å². The van der Waals surface area contributed by atoms with Gasteiger partial charge in [-0.05, 0) is 96.0 Å². The third-order valence-corrected chi connectivity index (χ3v) is 14.1. The molecular weight excluding hydrogens is 916 g/mol. The van der Waals surface area contributed by atoms with Gasteiger partial charge in [0.15, 0.2) is 0 Å². The number of ether oxygens (including phenoxy) is 1. The molecule has 72 heavy (non-hydrogen) atoms. The molecule has 10 heteroatoms. The van der Waals surface area contributed by atoms with Gasteiger partial charge >= 0.3 is 5.97 Å². The number of phosphoric acid groups is 1. The molecule has 9 nitrogen and oxygen atoms in total. The third kappa shape index (κ3) is 52.6. The molecule has 0 aliphatic carbocycles. The van der Waals surface area contributed by atoms with E-state index in [2.05, 4.69) is 74.7 Å². The van der Waals surface area contributed by atoms with E-state index in [1.165, 1.54) is 128 Å². The van der Waals surface area contributed by atoms with Crippen molar-refractivity contribution < 1.29 is 37.3 Å². The van der Waals surface area contributed by atoms with Gasteiger partial charge in [0.05, 0.1) is 33.8 Å². The lowest BCUT2D eigenvalue weighted by atomic mass is 10.0. The molecule has 1 N–H and O–H groups in total. The molecule has 0 radical (unpaired) electrons. The van der Waals surface area contributed by atoms with Crippen molar-refractivity contribution in [2.24, 2.45) is 0 Å². The second kappa shape index (κ2) is 52.2. The SMILES string of the molecule is CCCCC/C=C\C/C=C\C/C=C\CCCCCCCCC(=O)NC(COP(=O)([O-])OCC[N+](C)(C)C)C(/C=C\CCCCCCCCCCCCC)OC(=O)CCCCC/C=C\CCCCCCCCC. The molecule has 0 aliphatic rings. The highest BCUT2D eigenvalue weighted by atomic mass is 31.2. The highest BCUT2D eigenvalue weighted by Crippen LogP contribution is 2.38. The molecule has 0 rings (SSSR count). The van der Waals surface area contributed by atoms with E-state index in [-0.39, 0.29) is 24.9 Å². The first-order valence-electron chi connectivity index (χ1n) is 30.1. The van der Waals surface area contributed by atoms with Crippen LogP contribution in [-0.4, -0.2) is 69.4 Å². The molecule has 0 saturated carbocycles. The first kappa shape index (κ1) is 69.7. The molecule has 0 saturated heterocycles. The van der Waals surface area contributed by atoms with Crippen molar-refractivity contribution >= 4 is 19.7 Å². The molecule has 0 aromatic heterocycles. The van der Waals surface area contributed by atoms with E-state index in [9.17, 15) is 19.0 Å². The van der Waals surface area contributed by atoms with E-state index in [4.69, 9.17) is 13.8 Å². The van der Waals surface area contributed by atoms with Crippen molar-refractivity contribution in [1.82, 2.24) is 5.32 Å². The average molecular weight is 1030 g/mol. The number of phosphoric ester groups is 1. The van der Waals surface area contributed by atoms with Crippen LogP contribution < -0.4 is 10.2 Å². The number of carbonyl (C=O) groups excluding carboxylic acids is 2. The molecule has 0 spiro atoms. The Kier molecular flexibility index (Phi) is 50.5. The molecule has 0 aromatic carbocycles. The molecule has 0 bridgehead atoms. The fraction of sp³-hybridized carbons (Fsp3) is 0.806. The van der Waals surface area contributed by atoms with Crippen molar-refractivity contribution in [3.8, 4) is 0 Å². The molecule has 1 amide bonds. The number of likely N-dealkylation sites (N-methyl/N-ethyl adjacent to an activating group) is 1. The Morgan fingerprint density at radius 2 is 0.847 bits per heavy atom. The predicted octanol–water partition coefficient (Wildman–Crippen LogP) is 17.6. The van der Waals surface area contributed by atoms with Crippen LogP contribution in [0.25, 0.3) is 0 Å². The van der Waals surface area contributed by atoms with Crippen LogP contribution in [0.2, 0.25) is 0 Å². The van der Waals surface area contributed by atoms with Gasteiger partial charge in [0.1, 0.15) is 19.3 Å². The Balaban J connectivity index is 5.36. The van der Waals surface area contributed by atoms with Crippen LogP contribution in [0.15, 0.2) is 60.8 Å². The maximum Gasteiger partial charge on any atom is 0.306 e. The van der Waals surface area contributed by atoms with Crippen LogP contribution in [0.4, 0.5) is 0 Å². The smallest absolute Gasteiger partial charge is 0.306 e. The van der Waals surface area contributed by atoms with Gasteiger partial charge in [0, 0.05) is 12.8 Å². The van der Waals surface area contributed by atoms with Crippen LogP contribution in [0, 0.1) is 0 Å². The van der Waals surface area contributed by atoms with Crippen LogP contribution in [0.3, 0.4) is 0 Å². The van der Waals surface area contributed by atoms with E-state index in [1.807, 2.05) is 33.3 Å². The number of amides is 1. The number of hydrogen-bond acceptors (Lipinski definition) is 7. The number of unbranched alkanes of at least 4 members (excludes halogenated alkanes) is 30. The zero-order valence-electron chi connectivity index (χ0n) is 47.9. The summed E-state index contributed by atoms with van der Waals surface area (Å²) in [6.07, 6.45) is 64.6. The lowest BCUT2D eigenvalue weighted by Gasteiger charge is -2.30. The van der Waals surface area contributed by atoms with Gasteiger partial charge in [0.2, 0.25) is 5.91 Å². The highest BCUT2D eigenvalue weighted by molar-refractivity contribution is 7.45. The number of allylic oxidation sites excluding steroid dienone is 9. The molecule has 420 valence electrons. The van der Waals surface area contributed by atoms with Crippen molar-refractivity contribution in [2.45, 2.75) is 283 Å². The molecule has 3 atom stereocenters. The Morgan fingerprint density at radius 1 is 0.486 bits per heavy atom. The van der Waals surface area contributed by atoms with E-state index in [0.717, 1.165) is 103 Å². The zero-order chi connectivity index (χ0) is 52.9. The van der Waals surface area contributed by atoms with Crippen LogP contribution in [0.5, 0.6) is 0 Å². The van der Waals surface area contributed by atoms with Crippen LogP contribution >= 0.6 is 7.82 Å². The molecule has 0 fully saturated rings. The van der Waals surface area contributed by atoms with Gasteiger partial charge in [0.25, 0.3) is 7.82 Å². The average Bonchev–Trinajstić information content (AvgIpc) is 3.34. The van der Waals surface area contributed by atoms with Crippen molar-refractivity contribution in [3.63, 3.8) is 0 Å². The Bertz CT molecular complexity index is 1420. The minimum Gasteiger partial charge on any atom is -0.756 e. The summed E-state index contributed by atoms with van der Waals surface area (Å²) >= 11 is 0. The number of esters is 1. The van der Waals surface area contributed by atoms with Crippen LogP contribution in [0.1, 0.15) is 271 Å². The molecule has 0 heterocycles. The predicted molar refractivity (Wildman–Crippen MR) is 307 cm³/mol. The second-order valence-corrected chi connectivity index (χ2v) is 22.9. The Hall–Kier alpha value is -2.29. The largest absolute Gasteiger partial charge is 0.756 e. The van der Waals surface area contributed by atoms with Gasteiger partial charge in [-0.1, -0.05) is 223 Å². The summed E-state index contributed by atoms with van der Waals surface area (Å²) in [6.45, 7) is 6.80. The lowest BCUT2D eigenvalue weighted by Crippen LogP contribution is -2.47. The topological polar surface area (TPSA) is 114 Å². The first-order chi connectivity index (χ1) is 34.9. The van der Waals surface area contributed by atoms with Crippen LogP contribution in [-0.2, 0) is 27.9 Å². The third-order valence-electron chi connectivity index (χ3n) is 13.2. The maximum atomic E-state index is 13.5. The summed E-state index contributed by atoms with van der Waals surface area (Å²) in [4.78, 5) is 39.9. The molecular formula is C62H115N2O7P. The Labute approximate surface area is 445 Å². The Morgan fingerprint density at radius 3 is 1.32 bits per heavy atom. The van der Waals surface area contributed by atoms with E-state index >= 15 is 0 Å². The lowest BCUT2D eigenvalue weighted by molar-refractivity contribution is -0.870. The van der Waals surface area contributed by atoms with Crippen molar-refractivity contribution in [3.05, 3.63) is 60.8 Å². The molecule has 3 unspecified atom stereocenters. The standard InChI is InChI=1S/C62H115N2O7P/c1-7-10-13-16-19-22-25-28-30-31-32-33-34-36-39-42-45-48-51-54-61(65)63-59(58-70-72(67,68)69-57-56-64(4,5)6)60(53-50-47-44-41-38-35-27-24-21-18-15-12-9-3)71-62(66)55-52-49-46-43-40-37-29-26-23-20-17-14-11-8-2/h19,22,28,30,32-33,37,40,50,53,59-60H,7-18,20-21,23-27,29,31,34-36,38-39,41-49,51-52,54-58H2,1-6H3,(H-,63,65,67,68)/b22-19-,30-28-,33-32-,40-37-,53-50-. The van der Waals surface area contributed by atoms with Gasteiger partial charge in [-0.2, -0.15) is 0 Å². The zero-order valence-corrected chi connectivity index (χ0v) is 48.8. The number of hydrogen-bond donors (Lipinski definition) is 1. The number of nitrogens with zero attached hydrogens (tertiary/aromatic N) is 1. The summed E-state index contributed by atoms with van der Waals surface area (Å²) < 4.78 is 30.3.